The minimum atomic E-state index is -0.497. The summed E-state index contributed by atoms with van der Waals surface area (Å²) >= 11 is 0. The normalized spacial score (nSPS) is 11.1. The first-order chi connectivity index (χ1) is 16.5. The lowest BCUT2D eigenvalue weighted by molar-refractivity contribution is -0.142. The number of rotatable bonds is 13. The average molecular weight is 468 g/mol. The Hall–Kier alpha value is -3.35. The van der Waals surface area contributed by atoms with Gasteiger partial charge in [0.1, 0.15) is 0 Å². The summed E-state index contributed by atoms with van der Waals surface area (Å²) in [4.78, 5) is 30.7. The predicted octanol–water partition coefficient (Wildman–Crippen LogP) is 5.81. The molecule has 34 heavy (non-hydrogen) atoms. The van der Waals surface area contributed by atoms with Crippen molar-refractivity contribution >= 4 is 23.8 Å². The van der Waals surface area contributed by atoms with Crippen molar-refractivity contribution in [1.29, 1.82) is 0 Å². The second-order valence-electron chi connectivity index (χ2n) is 7.89. The SMILES string of the molecule is CCCCCCCNC(=O)N(C)c1cccc(-c2ccc(/C=C(/OCC)C(=O)OCC)cn2)c1. The van der Waals surface area contributed by atoms with E-state index in [0.29, 0.717) is 13.2 Å². The van der Waals surface area contributed by atoms with Gasteiger partial charge in [-0.2, -0.15) is 0 Å². The number of hydrogen-bond donors (Lipinski definition) is 1. The van der Waals surface area contributed by atoms with E-state index in [1.807, 2.05) is 43.3 Å². The smallest absolute Gasteiger partial charge is 0.373 e. The van der Waals surface area contributed by atoms with Crippen molar-refractivity contribution in [2.75, 3.05) is 31.7 Å². The molecule has 7 heteroatoms. The number of amides is 2. The summed E-state index contributed by atoms with van der Waals surface area (Å²) in [6.45, 7) is 7.08. The van der Waals surface area contributed by atoms with Crippen LogP contribution in [0.4, 0.5) is 10.5 Å². The van der Waals surface area contributed by atoms with Crippen LogP contribution in [-0.4, -0.2) is 43.8 Å². The summed E-state index contributed by atoms with van der Waals surface area (Å²) in [6, 6.07) is 11.3. The molecule has 1 heterocycles. The number of aromatic nitrogens is 1. The average Bonchev–Trinajstić information content (AvgIpc) is 2.86. The second-order valence-corrected chi connectivity index (χ2v) is 7.89. The van der Waals surface area contributed by atoms with Crippen molar-refractivity contribution in [2.24, 2.45) is 0 Å². The van der Waals surface area contributed by atoms with Gasteiger partial charge in [-0.3, -0.25) is 9.88 Å². The fourth-order valence-electron chi connectivity index (χ4n) is 3.36. The van der Waals surface area contributed by atoms with Gasteiger partial charge in [0.15, 0.2) is 0 Å². The van der Waals surface area contributed by atoms with Gasteiger partial charge < -0.3 is 14.8 Å². The number of urea groups is 1. The summed E-state index contributed by atoms with van der Waals surface area (Å²) in [6.07, 6.45) is 9.08. The molecule has 1 N–H and O–H groups in total. The summed E-state index contributed by atoms with van der Waals surface area (Å²) in [5, 5.41) is 2.99. The molecule has 2 amide bonds. The molecule has 0 spiro atoms. The number of hydrogen-bond acceptors (Lipinski definition) is 5. The Morgan fingerprint density at radius 1 is 1.00 bits per heavy atom. The number of unbranched alkanes of at least 4 members (excludes halogenated alkanes) is 4. The third kappa shape index (κ3) is 8.54. The van der Waals surface area contributed by atoms with Crippen LogP contribution < -0.4 is 10.2 Å². The van der Waals surface area contributed by atoms with E-state index in [2.05, 4.69) is 17.2 Å². The Balaban J connectivity index is 2.05. The number of carbonyl (C=O) groups is 2. The van der Waals surface area contributed by atoms with E-state index < -0.39 is 5.97 Å². The molecular weight excluding hydrogens is 430 g/mol. The van der Waals surface area contributed by atoms with E-state index in [4.69, 9.17) is 9.47 Å². The molecule has 2 rings (SSSR count). The Morgan fingerprint density at radius 2 is 1.76 bits per heavy atom. The van der Waals surface area contributed by atoms with Crippen molar-refractivity contribution in [3.63, 3.8) is 0 Å². The van der Waals surface area contributed by atoms with Crippen LogP contribution in [0.5, 0.6) is 0 Å². The van der Waals surface area contributed by atoms with Gasteiger partial charge in [-0.25, -0.2) is 9.59 Å². The van der Waals surface area contributed by atoms with E-state index in [1.165, 1.54) is 19.3 Å². The standard InChI is InChI=1S/C27H37N3O4/c1-5-8-9-10-11-17-28-27(32)30(4)23-14-12-13-22(19-23)24-16-15-21(20-29-24)18-25(33-6-2)26(31)34-7-3/h12-16,18-20H,5-11,17H2,1-4H3,(H,28,32)/b25-18+. The first-order valence-electron chi connectivity index (χ1n) is 12.1. The number of esters is 1. The molecule has 1 aromatic heterocycles. The van der Waals surface area contributed by atoms with Crippen LogP contribution in [0.25, 0.3) is 17.3 Å². The summed E-state index contributed by atoms with van der Waals surface area (Å²) < 4.78 is 10.4. The number of ether oxygens (including phenoxy) is 2. The van der Waals surface area contributed by atoms with Crippen LogP contribution >= 0.6 is 0 Å². The van der Waals surface area contributed by atoms with Gasteiger partial charge in [-0.05, 0) is 50.1 Å². The van der Waals surface area contributed by atoms with Crippen LogP contribution in [0.15, 0.2) is 48.4 Å². The van der Waals surface area contributed by atoms with Crippen molar-refractivity contribution < 1.29 is 19.1 Å². The van der Waals surface area contributed by atoms with Crippen LogP contribution in [0, 0.1) is 0 Å². The van der Waals surface area contributed by atoms with Gasteiger partial charge in [-0.15, -0.1) is 0 Å². The summed E-state index contributed by atoms with van der Waals surface area (Å²) in [5.74, 6) is -0.345. The molecule has 2 aromatic rings. The van der Waals surface area contributed by atoms with Gasteiger partial charge in [-0.1, -0.05) is 50.8 Å². The van der Waals surface area contributed by atoms with E-state index >= 15 is 0 Å². The predicted molar refractivity (Wildman–Crippen MR) is 136 cm³/mol. The Labute approximate surface area is 203 Å². The molecule has 0 aliphatic rings. The van der Waals surface area contributed by atoms with Gasteiger partial charge in [0, 0.05) is 31.0 Å². The molecule has 7 nitrogen and oxygen atoms in total. The van der Waals surface area contributed by atoms with Crippen molar-refractivity contribution in [3.05, 3.63) is 53.9 Å². The van der Waals surface area contributed by atoms with Crippen molar-refractivity contribution in [3.8, 4) is 11.3 Å². The zero-order valence-corrected chi connectivity index (χ0v) is 20.8. The van der Waals surface area contributed by atoms with Crippen LogP contribution in [0.2, 0.25) is 0 Å². The number of pyridine rings is 1. The first kappa shape index (κ1) is 26.9. The Kier molecular flexibility index (Phi) is 11.7. The van der Waals surface area contributed by atoms with Crippen molar-refractivity contribution in [2.45, 2.75) is 52.9 Å². The molecule has 0 fully saturated rings. The number of benzene rings is 1. The summed E-state index contributed by atoms with van der Waals surface area (Å²) in [7, 11) is 1.76. The maximum atomic E-state index is 12.5. The molecule has 0 bridgehead atoms. The molecule has 0 saturated heterocycles. The first-order valence-corrected chi connectivity index (χ1v) is 12.1. The number of nitrogens with one attached hydrogen (secondary N) is 1. The monoisotopic (exact) mass is 467 g/mol. The fourth-order valence-corrected chi connectivity index (χ4v) is 3.36. The quantitative estimate of drug-likeness (QED) is 0.174. The molecule has 1 aromatic carbocycles. The van der Waals surface area contributed by atoms with Gasteiger partial charge >= 0.3 is 12.0 Å². The van der Waals surface area contributed by atoms with Crippen LogP contribution in [0.3, 0.4) is 0 Å². The highest BCUT2D eigenvalue weighted by Gasteiger charge is 2.13. The lowest BCUT2D eigenvalue weighted by Crippen LogP contribution is -2.37. The van der Waals surface area contributed by atoms with Gasteiger partial charge in [0.2, 0.25) is 5.76 Å². The highest BCUT2D eigenvalue weighted by Crippen LogP contribution is 2.23. The van der Waals surface area contributed by atoms with Crippen LogP contribution in [-0.2, 0) is 14.3 Å². The summed E-state index contributed by atoms with van der Waals surface area (Å²) in [5.41, 5.74) is 3.17. The molecule has 0 unspecified atom stereocenters. The van der Waals surface area contributed by atoms with Gasteiger partial charge in [0.05, 0.1) is 18.9 Å². The second kappa shape index (κ2) is 14.7. The van der Waals surface area contributed by atoms with E-state index in [-0.39, 0.29) is 18.4 Å². The lowest BCUT2D eigenvalue weighted by atomic mass is 10.1. The van der Waals surface area contributed by atoms with E-state index in [9.17, 15) is 9.59 Å². The minimum Gasteiger partial charge on any atom is -0.487 e. The third-order valence-corrected chi connectivity index (χ3v) is 5.25. The zero-order valence-electron chi connectivity index (χ0n) is 20.8. The van der Waals surface area contributed by atoms with Crippen molar-refractivity contribution in [1.82, 2.24) is 10.3 Å². The maximum Gasteiger partial charge on any atom is 0.373 e. The zero-order chi connectivity index (χ0) is 24.8. The van der Waals surface area contributed by atoms with Crippen LogP contribution in [0.1, 0.15) is 58.4 Å². The van der Waals surface area contributed by atoms with E-state index in [1.54, 1.807) is 31.1 Å². The molecule has 0 saturated carbocycles. The maximum absolute atomic E-state index is 12.5. The number of nitrogens with zero attached hydrogens (tertiary/aromatic N) is 2. The largest absolute Gasteiger partial charge is 0.487 e. The minimum absolute atomic E-state index is 0.122. The number of carbonyl (C=O) groups excluding carboxylic acids is 2. The lowest BCUT2D eigenvalue weighted by Gasteiger charge is -2.19. The fraction of sp³-hybridized carbons (Fsp3) is 0.444. The molecule has 0 radical (unpaired) electrons. The Bertz CT molecular complexity index is 941. The third-order valence-electron chi connectivity index (χ3n) is 5.25. The molecular formula is C27H37N3O4. The topological polar surface area (TPSA) is 80.8 Å². The molecule has 0 aliphatic carbocycles. The highest BCUT2D eigenvalue weighted by molar-refractivity contribution is 5.92. The van der Waals surface area contributed by atoms with Gasteiger partial charge in [0.25, 0.3) is 0 Å². The Morgan fingerprint density at radius 3 is 2.44 bits per heavy atom. The molecule has 184 valence electrons. The molecule has 0 aliphatic heterocycles. The van der Waals surface area contributed by atoms with E-state index in [0.717, 1.165) is 35.3 Å². The highest BCUT2D eigenvalue weighted by atomic mass is 16.6. The number of anilines is 1. The molecule has 0 atom stereocenters.